The van der Waals surface area contributed by atoms with Crippen molar-refractivity contribution in [1.82, 2.24) is 19.6 Å². The normalized spacial score (nSPS) is 39.1. The van der Waals surface area contributed by atoms with E-state index in [0.717, 1.165) is 178 Å². The highest BCUT2D eigenvalue weighted by Gasteiger charge is 2.60. The van der Waals surface area contributed by atoms with Gasteiger partial charge in [0.25, 0.3) is 0 Å². The van der Waals surface area contributed by atoms with Crippen LogP contribution in [0.1, 0.15) is 246 Å². The largest absolute Gasteiger partial charge is 0.462 e. The Bertz CT molecular complexity index is 2110. The van der Waals surface area contributed by atoms with E-state index in [-0.39, 0.29) is 71.0 Å². The molecule has 482 valence electrons. The highest BCUT2D eigenvalue weighted by molar-refractivity contribution is 5.74. The van der Waals surface area contributed by atoms with E-state index in [2.05, 4.69) is 33.4 Å². The second kappa shape index (κ2) is 29.3. The third kappa shape index (κ3) is 17.0. The molecule has 16 rings (SSSR count). The average molecular weight is 1190 g/mol. The van der Waals surface area contributed by atoms with E-state index in [9.17, 15) is 24.3 Å². The van der Waals surface area contributed by atoms with Gasteiger partial charge in [0.05, 0.1) is 29.3 Å². The van der Waals surface area contributed by atoms with Gasteiger partial charge < -0.3 is 43.7 Å². The molecule has 12 aliphatic carbocycles. The van der Waals surface area contributed by atoms with E-state index in [0.29, 0.717) is 24.2 Å². The van der Waals surface area contributed by atoms with E-state index in [4.69, 9.17) is 18.9 Å². The van der Waals surface area contributed by atoms with Gasteiger partial charge in [0.15, 0.2) is 0 Å². The molecule has 0 aromatic heterocycles. The van der Waals surface area contributed by atoms with E-state index >= 15 is 0 Å². The Morgan fingerprint density at radius 1 is 0.388 bits per heavy atom. The Hall–Kier alpha value is -2.32. The number of esters is 4. The van der Waals surface area contributed by atoms with Crippen molar-refractivity contribution in [2.24, 2.45) is 76.9 Å². The molecule has 0 aromatic rings. The molecular weight excluding hydrogens is 1060 g/mol. The summed E-state index contributed by atoms with van der Waals surface area (Å²) in [4.78, 5) is 59.6. The Kier molecular flexibility index (Phi) is 22.1. The van der Waals surface area contributed by atoms with Crippen molar-refractivity contribution < 1.29 is 43.2 Å². The maximum Gasteiger partial charge on any atom is 0.310 e. The van der Waals surface area contributed by atoms with Crippen molar-refractivity contribution in [2.45, 2.75) is 275 Å². The minimum atomic E-state index is -0.555. The summed E-state index contributed by atoms with van der Waals surface area (Å²) < 4.78 is 23.9. The van der Waals surface area contributed by atoms with Gasteiger partial charge in [-0.05, 0) is 279 Å². The molecule has 0 spiro atoms. The molecule has 4 heterocycles. The Labute approximate surface area is 515 Å². The van der Waals surface area contributed by atoms with Gasteiger partial charge in [-0.15, -0.1) is 0 Å². The number of aliphatic hydroxyl groups is 1. The number of nitrogens with zero attached hydrogens (tertiary/aromatic N) is 4. The number of piperidine rings is 4. The highest BCUT2D eigenvalue weighted by Crippen LogP contribution is 2.61. The molecule has 4 aliphatic heterocycles. The molecule has 10 bridgehead atoms. The molecule has 0 amide bonds. The van der Waals surface area contributed by atoms with Crippen LogP contribution in [-0.2, 0) is 38.1 Å². The van der Waals surface area contributed by atoms with Crippen LogP contribution in [0.4, 0.5) is 0 Å². The van der Waals surface area contributed by atoms with Crippen molar-refractivity contribution in [3.63, 3.8) is 0 Å². The van der Waals surface area contributed by atoms with Crippen LogP contribution in [0.25, 0.3) is 0 Å². The summed E-state index contributed by atoms with van der Waals surface area (Å²) >= 11 is 0. The van der Waals surface area contributed by atoms with Crippen LogP contribution in [0.5, 0.6) is 0 Å². The summed E-state index contributed by atoms with van der Waals surface area (Å²) in [5.41, 5.74) is -0.978. The van der Waals surface area contributed by atoms with Gasteiger partial charge in [-0.2, -0.15) is 0 Å². The number of ether oxygens (including phenoxy) is 4. The Morgan fingerprint density at radius 2 is 0.765 bits per heavy atom. The summed E-state index contributed by atoms with van der Waals surface area (Å²) in [6, 6.07) is 0. The zero-order valence-corrected chi connectivity index (χ0v) is 54.2. The lowest BCUT2D eigenvalue weighted by molar-refractivity contribution is -0.222. The summed E-state index contributed by atoms with van der Waals surface area (Å²) in [6.07, 6.45) is 42.1. The second-order valence-electron chi connectivity index (χ2n) is 32.2. The molecule has 0 aromatic carbocycles. The number of hydrogen-bond acceptors (Lipinski definition) is 13. The number of carbonyl (C=O) groups is 4. The summed E-state index contributed by atoms with van der Waals surface area (Å²) in [6.45, 7) is 20.8. The third-order valence-corrected chi connectivity index (χ3v) is 24.6. The lowest BCUT2D eigenvalue weighted by Crippen LogP contribution is -2.60. The topological polar surface area (TPSA) is 138 Å². The summed E-state index contributed by atoms with van der Waals surface area (Å²) in [5, 5.41) is 10.8. The van der Waals surface area contributed by atoms with Crippen LogP contribution >= 0.6 is 0 Å². The molecule has 13 nitrogen and oxygen atoms in total. The van der Waals surface area contributed by atoms with Crippen LogP contribution in [-0.4, -0.2) is 156 Å². The first-order valence-electron chi connectivity index (χ1n) is 36.5. The predicted molar refractivity (Wildman–Crippen MR) is 333 cm³/mol. The van der Waals surface area contributed by atoms with Crippen molar-refractivity contribution >= 4 is 23.9 Å². The van der Waals surface area contributed by atoms with Gasteiger partial charge in [0, 0.05) is 32.6 Å². The van der Waals surface area contributed by atoms with Gasteiger partial charge in [-0.1, -0.05) is 66.2 Å². The Balaban J connectivity index is 0.000000118. The number of carbonyl (C=O) groups excluding carboxylic acids is 4. The smallest absolute Gasteiger partial charge is 0.310 e. The van der Waals surface area contributed by atoms with Crippen LogP contribution in [0, 0.1) is 76.9 Å². The zero-order chi connectivity index (χ0) is 59.1. The van der Waals surface area contributed by atoms with Gasteiger partial charge in [-0.25, -0.2) is 0 Å². The van der Waals surface area contributed by atoms with Crippen LogP contribution in [0.3, 0.4) is 0 Å². The molecule has 16 aliphatic rings. The average Bonchev–Trinajstić information content (AvgIpc) is 1.50. The first kappa shape index (κ1) is 64.2. The predicted octanol–water partition coefficient (Wildman–Crippen LogP) is 12.8. The first-order valence-corrected chi connectivity index (χ1v) is 36.5. The maximum absolute atomic E-state index is 12.7. The SMILES string of the molecule is CC(CN1CCCCC1)C(=O)OC12CC3CC(CC(C3)C1)C2.CC(CN1CCCCC1)C(=O)OC12CC3CC(CC(O)(C3)C1)C2.CC(CN1CCCCC1)C(=O)OC1CC2CC1C1CCCC21.CC(CN1CCCCC1)C(=O)OC1CCCCC1. The number of rotatable bonds is 16. The molecule has 13 heteroatoms. The van der Waals surface area contributed by atoms with Crippen molar-refractivity contribution in [2.75, 3.05) is 78.5 Å². The number of likely N-dealkylation sites (tertiary alicyclic amines) is 4. The van der Waals surface area contributed by atoms with Gasteiger partial charge in [0.1, 0.15) is 23.4 Å². The molecule has 11 unspecified atom stereocenters. The van der Waals surface area contributed by atoms with Gasteiger partial charge in [0.2, 0.25) is 0 Å². The fourth-order valence-electron chi connectivity index (χ4n) is 21.3. The van der Waals surface area contributed by atoms with Crippen molar-refractivity contribution in [3.8, 4) is 0 Å². The van der Waals surface area contributed by atoms with Gasteiger partial charge >= 0.3 is 23.9 Å². The number of hydrogen-bond donors (Lipinski definition) is 1. The molecule has 4 saturated heterocycles. The monoisotopic (exact) mass is 1180 g/mol. The van der Waals surface area contributed by atoms with E-state index in [1.807, 2.05) is 13.8 Å². The molecule has 16 fully saturated rings. The van der Waals surface area contributed by atoms with Crippen molar-refractivity contribution in [1.29, 1.82) is 0 Å². The lowest BCUT2D eigenvalue weighted by Gasteiger charge is -2.59. The van der Waals surface area contributed by atoms with Crippen molar-refractivity contribution in [3.05, 3.63) is 0 Å². The van der Waals surface area contributed by atoms with E-state index in [1.165, 1.54) is 148 Å². The van der Waals surface area contributed by atoms with E-state index in [1.54, 1.807) is 0 Å². The van der Waals surface area contributed by atoms with Crippen LogP contribution < -0.4 is 0 Å². The summed E-state index contributed by atoms with van der Waals surface area (Å²) in [5.74, 6) is 7.25. The standard InChI is InChI=1S/C19H31NO3.2C19H31NO2.C15H27NO2/c1-14(12-20-5-3-2-4-6-20)17(21)23-19-10-15-7-16(11-19)9-18(22,8-15)13-19;1-13(12-20-8-3-2-4-9-20)19(21)22-18-11-14-10-17(18)16-7-5-6-15(14)16;1-14(13-20-5-3-2-4-6-20)18(21)22-19-10-15-7-16(11-19)9-17(8-15)12-19;1-13(12-16-10-6-3-7-11-16)15(17)18-14-8-4-2-5-9-14/h14-16,22H,2-13H2,1H3;13-18H,2-12H2,1H3;14-17H,2-13H2,1H3;13-14H,2-12H2,1H3. The molecule has 11 atom stereocenters. The van der Waals surface area contributed by atoms with E-state index < -0.39 is 5.60 Å². The fraction of sp³-hybridized carbons (Fsp3) is 0.944. The minimum Gasteiger partial charge on any atom is -0.462 e. The molecule has 1 N–H and O–H groups in total. The van der Waals surface area contributed by atoms with Gasteiger partial charge in [-0.3, -0.25) is 19.2 Å². The maximum atomic E-state index is 12.7. The van der Waals surface area contributed by atoms with Crippen LogP contribution in [0.2, 0.25) is 0 Å². The second-order valence-corrected chi connectivity index (χ2v) is 32.2. The molecule has 12 saturated carbocycles. The first-order chi connectivity index (χ1) is 41.0. The number of fused-ring (bicyclic) bond motifs is 5. The summed E-state index contributed by atoms with van der Waals surface area (Å²) in [7, 11) is 0. The van der Waals surface area contributed by atoms with Crippen LogP contribution in [0.15, 0.2) is 0 Å². The third-order valence-electron chi connectivity index (χ3n) is 24.6. The molecular formula is C72H120N4O9. The zero-order valence-electron chi connectivity index (χ0n) is 54.2. The Morgan fingerprint density at radius 3 is 1.21 bits per heavy atom. The molecule has 85 heavy (non-hydrogen) atoms. The highest BCUT2D eigenvalue weighted by atomic mass is 16.6. The minimum absolute atomic E-state index is 0.0208. The molecule has 0 radical (unpaired) electrons. The lowest BCUT2D eigenvalue weighted by atomic mass is 9.52. The quantitative estimate of drug-likeness (QED) is 0.116. The fourth-order valence-corrected chi connectivity index (χ4v) is 21.3.